The molecular formula is C23H23N5O3S. The molecule has 0 bridgehead atoms. The van der Waals surface area contributed by atoms with Gasteiger partial charge in [0.25, 0.3) is 0 Å². The first-order chi connectivity index (χ1) is 15.5. The highest BCUT2D eigenvalue weighted by atomic mass is 32.1. The van der Waals surface area contributed by atoms with Crippen LogP contribution in [0.5, 0.6) is 5.75 Å². The minimum absolute atomic E-state index is 0.126. The van der Waals surface area contributed by atoms with E-state index in [1.807, 2.05) is 25.1 Å². The monoisotopic (exact) mass is 449 g/mol. The Kier molecular flexibility index (Phi) is 4.36. The lowest BCUT2D eigenvalue weighted by Gasteiger charge is -2.29. The molecule has 164 valence electrons. The van der Waals surface area contributed by atoms with Crippen molar-refractivity contribution in [3.63, 3.8) is 0 Å². The summed E-state index contributed by atoms with van der Waals surface area (Å²) >= 11 is 1.70. The Bertz CT molecular complexity index is 1450. The van der Waals surface area contributed by atoms with Gasteiger partial charge in [-0.2, -0.15) is 0 Å². The predicted molar refractivity (Wildman–Crippen MR) is 123 cm³/mol. The Balaban J connectivity index is 1.40. The minimum atomic E-state index is -0.343. The molecule has 0 fully saturated rings. The average molecular weight is 450 g/mol. The maximum absolute atomic E-state index is 13.2. The van der Waals surface area contributed by atoms with Gasteiger partial charge in [-0.1, -0.05) is 13.0 Å². The first kappa shape index (κ1) is 19.5. The van der Waals surface area contributed by atoms with Crippen LogP contribution in [0.2, 0.25) is 0 Å². The topological polar surface area (TPSA) is 81.7 Å². The third kappa shape index (κ3) is 2.95. The molecule has 3 aromatic heterocycles. The van der Waals surface area contributed by atoms with E-state index in [2.05, 4.69) is 17.0 Å². The lowest BCUT2D eigenvalue weighted by molar-refractivity contribution is -0.119. The van der Waals surface area contributed by atoms with Gasteiger partial charge in [0.15, 0.2) is 5.65 Å². The number of anilines is 1. The zero-order valence-electron chi connectivity index (χ0n) is 18.0. The highest BCUT2D eigenvalue weighted by Gasteiger charge is 2.27. The normalized spacial score (nSPS) is 17.9. The van der Waals surface area contributed by atoms with E-state index in [0.29, 0.717) is 30.5 Å². The smallest absolute Gasteiger partial charge is 0.352 e. The molecule has 6 rings (SSSR count). The summed E-state index contributed by atoms with van der Waals surface area (Å²) in [4.78, 5) is 34.7. The van der Waals surface area contributed by atoms with Crippen molar-refractivity contribution >= 4 is 38.8 Å². The van der Waals surface area contributed by atoms with Crippen molar-refractivity contribution in [2.75, 3.05) is 18.1 Å². The molecule has 8 nitrogen and oxygen atoms in total. The van der Waals surface area contributed by atoms with Crippen LogP contribution in [0.15, 0.2) is 29.3 Å². The number of carbonyl (C=O) groups is 1. The van der Waals surface area contributed by atoms with E-state index in [-0.39, 0.29) is 18.1 Å². The SMILES string of the molecule is Cc1ccc2c(c1)N(C(=O)Cn1nc3c4c5c(sc4ncn3c1=O)C[C@@H](C)CC5)CCO2. The second kappa shape index (κ2) is 7.16. The van der Waals surface area contributed by atoms with Gasteiger partial charge in [0.1, 0.15) is 30.1 Å². The molecule has 9 heteroatoms. The Hall–Kier alpha value is -3.20. The second-order valence-electron chi connectivity index (χ2n) is 8.78. The summed E-state index contributed by atoms with van der Waals surface area (Å²) in [5.74, 6) is 1.16. The van der Waals surface area contributed by atoms with Crippen LogP contribution in [0.3, 0.4) is 0 Å². The van der Waals surface area contributed by atoms with Crippen LogP contribution < -0.4 is 15.3 Å². The summed E-state index contributed by atoms with van der Waals surface area (Å²) in [6, 6.07) is 5.77. The van der Waals surface area contributed by atoms with E-state index in [1.165, 1.54) is 25.9 Å². The molecule has 4 heterocycles. The number of thiophene rings is 1. The molecule has 1 aliphatic heterocycles. The Morgan fingerprint density at radius 1 is 1.34 bits per heavy atom. The second-order valence-corrected chi connectivity index (χ2v) is 9.86. The quantitative estimate of drug-likeness (QED) is 0.470. The van der Waals surface area contributed by atoms with Crippen LogP contribution in [0.25, 0.3) is 15.9 Å². The average Bonchev–Trinajstić information content (AvgIpc) is 3.30. The van der Waals surface area contributed by atoms with Crippen molar-refractivity contribution < 1.29 is 9.53 Å². The van der Waals surface area contributed by atoms with Crippen molar-refractivity contribution in [1.82, 2.24) is 19.2 Å². The van der Waals surface area contributed by atoms with Crippen LogP contribution in [0, 0.1) is 12.8 Å². The minimum Gasteiger partial charge on any atom is -0.490 e. The van der Waals surface area contributed by atoms with Gasteiger partial charge in [-0.25, -0.2) is 18.9 Å². The van der Waals surface area contributed by atoms with E-state index in [4.69, 9.17) is 4.74 Å². The van der Waals surface area contributed by atoms with Gasteiger partial charge in [0, 0.05) is 4.88 Å². The molecular weight excluding hydrogens is 426 g/mol. The number of ether oxygens (including phenoxy) is 1. The van der Waals surface area contributed by atoms with Crippen molar-refractivity contribution in [2.45, 2.75) is 39.7 Å². The van der Waals surface area contributed by atoms with Crippen molar-refractivity contribution in [1.29, 1.82) is 0 Å². The maximum Gasteiger partial charge on any atom is 0.352 e. The number of aromatic nitrogens is 4. The molecule has 1 amide bonds. The van der Waals surface area contributed by atoms with Gasteiger partial charge in [-0.15, -0.1) is 16.4 Å². The molecule has 4 aromatic rings. The molecule has 32 heavy (non-hydrogen) atoms. The number of amides is 1. The Morgan fingerprint density at radius 2 is 2.22 bits per heavy atom. The molecule has 0 spiro atoms. The van der Waals surface area contributed by atoms with Crippen LogP contribution in [0.1, 0.15) is 29.3 Å². The number of rotatable bonds is 2. The first-order valence-electron chi connectivity index (χ1n) is 10.9. The summed E-state index contributed by atoms with van der Waals surface area (Å²) in [6.07, 6.45) is 4.68. The summed E-state index contributed by atoms with van der Waals surface area (Å²) < 4.78 is 8.42. The number of fused-ring (bicyclic) bond motifs is 6. The molecule has 0 saturated heterocycles. The molecule has 0 N–H and O–H groups in total. The first-order valence-corrected chi connectivity index (χ1v) is 11.7. The summed E-state index contributed by atoms with van der Waals surface area (Å²) in [5.41, 5.74) is 3.30. The van der Waals surface area contributed by atoms with Crippen LogP contribution >= 0.6 is 11.3 Å². The highest BCUT2D eigenvalue weighted by Crippen LogP contribution is 2.38. The number of hydrogen-bond acceptors (Lipinski definition) is 6. The molecule has 2 aliphatic rings. The van der Waals surface area contributed by atoms with E-state index >= 15 is 0 Å². The number of nitrogens with zero attached hydrogens (tertiary/aromatic N) is 5. The van der Waals surface area contributed by atoms with Crippen molar-refractivity contribution in [3.05, 3.63) is 51.0 Å². The molecule has 1 aliphatic carbocycles. The molecule has 0 radical (unpaired) electrons. The van der Waals surface area contributed by atoms with Gasteiger partial charge in [0.2, 0.25) is 5.91 Å². The standard InChI is InChI=1S/C23H23N5O3S/c1-13-4-6-17-16(9-13)26(7-8-31-17)19(29)11-28-23(30)27-12-24-22-20(21(27)25-28)15-5-3-14(2)10-18(15)32-22/h4,6,9,12,14H,3,5,7-8,10-11H2,1-2H3/t14-/m0/s1. The fourth-order valence-electron chi connectivity index (χ4n) is 4.77. The zero-order valence-corrected chi connectivity index (χ0v) is 18.8. The number of carbonyl (C=O) groups excluding carboxylic acids is 1. The third-order valence-corrected chi connectivity index (χ3v) is 7.60. The van der Waals surface area contributed by atoms with Crippen molar-refractivity contribution in [3.8, 4) is 5.75 Å². The highest BCUT2D eigenvalue weighted by molar-refractivity contribution is 7.19. The van der Waals surface area contributed by atoms with Crippen molar-refractivity contribution in [2.24, 2.45) is 5.92 Å². The van der Waals surface area contributed by atoms with Gasteiger partial charge in [0.05, 0.1) is 17.6 Å². The van der Waals surface area contributed by atoms with E-state index in [0.717, 1.165) is 40.7 Å². The van der Waals surface area contributed by atoms with Gasteiger partial charge < -0.3 is 9.64 Å². The zero-order chi connectivity index (χ0) is 22.0. The maximum atomic E-state index is 13.2. The van der Waals surface area contributed by atoms with Gasteiger partial charge in [-0.3, -0.25) is 4.79 Å². The largest absolute Gasteiger partial charge is 0.490 e. The fourth-order valence-corrected chi connectivity index (χ4v) is 6.11. The molecule has 1 atom stereocenters. The molecule has 0 saturated carbocycles. The lowest BCUT2D eigenvalue weighted by atomic mass is 9.89. The van der Waals surface area contributed by atoms with Gasteiger partial charge in [-0.05, 0) is 55.4 Å². The van der Waals surface area contributed by atoms with E-state index in [1.54, 1.807) is 16.2 Å². The Morgan fingerprint density at radius 3 is 3.09 bits per heavy atom. The number of aryl methyl sites for hydroxylation is 2. The molecule has 0 unspecified atom stereocenters. The lowest BCUT2D eigenvalue weighted by Crippen LogP contribution is -2.41. The van der Waals surface area contributed by atoms with E-state index in [9.17, 15) is 9.59 Å². The van der Waals surface area contributed by atoms with Crippen LogP contribution in [-0.4, -0.2) is 38.2 Å². The van der Waals surface area contributed by atoms with Crippen LogP contribution in [-0.2, 0) is 24.2 Å². The molecule has 1 aromatic carbocycles. The predicted octanol–water partition coefficient (Wildman–Crippen LogP) is 2.96. The van der Waals surface area contributed by atoms with Gasteiger partial charge >= 0.3 is 5.69 Å². The summed E-state index contributed by atoms with van der Waals surface area (Å²) in [7, 11) is 0. The van der Waals surface area contributed by atoms with Crippen LogP contribution in [0.4, 0.5) is 5.69 Å². The summed E-state index contributed by atoms with van der Waals surface area (Å²) in [6.45, 7) is 4.99. The van der Waals surface area contributed by atoms with E-state index < -0.39 is 0 Å². The fraction of sp³-hybridized carbons (Fsp3) is 0.391. The number of benzene rings is 1. The summed E-state index contributed by atoms with van der Waals surface area (Å²) in [5, 5.41) is 5.57. The Labute approximate surface area is 188 Å². The third-order valence-electron chi connectivity index (χ3n) is 6.44. The number of hydrogen-bond donors (Lipinski definition) is 0.